The lowest BCUT2D eigenvalue weighted by molar-refractivity contribution is 0.469. The lowest BCUT2D eigenvalue weighted by atomic mass is 9.79. The molecule has 0 heterocycles. The Morgan fingerprint density at radius 3 is 2.68 bits per heavy atom. The highest BCUT2D eigenvalue weighted by molar-refractivity contribution is 6.30. The summed E-state index contributed by atoms with van der Waals surface area (Å²) in [4.78, 5) is 0. The van der Waals surface area contributed by atoms with Gasteiger partial charge in [0.1, 0.15) is 5.75 Å². The monoisotopic (exact) mass is 272 g/mol. The van der Waals surface area contributed by atoms with E-state index in [4.69, 9.17) is 11.6 Å². The maximum absolute atomic E-state index is 9.69. The molecule has 0 spiro atoms. The highest BCUT2D eigenvalue weighted by Crippen LogP contribution is 2.36. The van der Waals surface area contributed by atoms with Crippen LogP contribution in [0, 0.1) is 0 Å². The van der Waals surface area contributed by atoms with E-state index >= 15 is 0 Å². The van der Waals surface area contributed by atoms with Gasteiger partial charge in [-0.1, -0.05) is 29.8 Å². The number of hydrogen-bond donors (Lipinski definition) is 1. The van der Waals surface area contributed by atoms with Gasteiger partial charge in [-0.15, -0.1) is 0 Å². The summed E-state index contributed by atoms with van der Waals surface area (Å²) in [7, 11) is 0. The van der Waals surface area contributed by atoms with E-state index in [0.29, 0.717) is 11.7 Å². The van der Waals surface area contributed by atoms with Crippen molar-refractivity contribution in [1.29, 1.82) is 0 Å². The highest BCUT2D eigenvalue weighted by atomic mass is 35.5. The quantitative estimate of drug-likeness (QED) is 0.839. The minimum absolute atomic E-state index is 0.377. The van der Waals surface area contributed by atoms with Crippen LogP contribution >= 0.6 is 11.6 Å². The van der Waals surface area contributed by atoms with Crippen LogP contribution in [0.1, 0.15) is 35.4 Å². The third-order valence-corrected chi connectivity index (χ3v) is 4.22. The summed E-state index contributed by atoms with van der Waals surface area (Å²) in [6.45, 7) is 0. The molecule has 2 heteroatoms. The van der Waals surface area contributed by atoms with Crippen LogP contribution in [0.2, 0.25) is 5.02 Å². The number of benzene rings is 2. The van der Waals surface area contributed by atoms with Crippen molar-refractivity contribution in [2.24, 2.45) is 0 Å². The molecule has 0 fully saturated rings. The molecule has 0 saturated heterocycles. The maximum Gasteiger partial charge on any atom is 0.115 e. The summed E-state index contributed by atoms with van der Waals surface area (Å²) >= 11 is 5.92. The minimum Gasteiger partial charge on any atom is -0.508 e. The Labute approximate surface area is 118 Å². The van der Waals surface area contributed by atoms with Crippen LogP contribution < -0.4 is 0 Å². The average molecular weight is 273 g/mol. The van der Waals surface area contributed by atoms with Crippen LogP contribution in [0.15, 0.2) is 42.5 Å². The van der Waals surface area contributed by atoms with Gasteiger partial charge in [0.15, 0.2) is 0 Å². The van der Waals surface area contributed by atoms with E-state index in [1.54, 1.807) is 6.07 Å². The van der Waals surface area contributed by atoms with Gasteiger partial charge in [0.25, 0.3) is 0 Å². The summed E-state index contributed by atoms with van der Waals surface area (Å²) in [6, 6.07) is 13.9. The van der Waals surface area contributed by atoms with Crippen molar-refractivity contribution in [3.63, 3.8) is 0 Å². The molecule has 0 saturated carbocycles. The smallest absolute Gasteiger partial charge is 0.115 e. The van der Waals surface area contributed by atoms with Crippen LogP contribution in [0.25, 0.3) is 0 Å². The van der Waals surface area contributed by atoms with E-state index < -0.39 is 0 Å². The van der Waals surface area contributed by atoms with Gasteiger partial charge in [-0.25, -0.2) is 0 Å². The third kappa shape index (κ3) is 2.76. The molecule has 0 bridgehead atoms. The van der Waals surface area contributed by atoms with Crippen LogP contribution in [-0.2, 0) is 12.8 Å². The molecule has 0 aliphatic heterocycles. The first-order valence-electron chi connectivity index (χ1n) is 6.78. The summed E-state index contributed by atoms with van der Waals surface area (Å²) in [5.41, 5.74) is 4.02. The van der Waals surface area contributed by atoms with Crippen molar-refractivity contribution < 1.29 is 5.11 Å². The van der Waals surface area contributed by atoms with Crippen LogP contribution in [0.4, 0.5) is 0 Å². The second-order valence-electron chi connectivity index (χ2n) is 5.30. The van der Waals surface area contributed by atoms with Crippen LogP contribution in [0.5, 0.6) is 5.75 Å². The lowest BCUT2D eigenvalue weighted by Crippen LogP contribution is -2.12. The van der Waals surface area contributed by atoms with Gasteiger partial charge in [0.05, 0.1) is 0 Å². The first kappa shape index (κ1) is 12.6. The number of fused-ring (bicyclic) bond motifs is 1. The Morgan fingerprint density at radius 2 is 1.89 bits per heavy atom. The molecule has 98 valence electrons. The molecule has 19 heavy (non-hydrogen) atoms. The Balaban J connectivity index is 1.87. The summed E-state index contributed by atoms with van der Waals surface area (Å²) in [6.07, 6.45) is 4.58. The SMILES string of the molecule is Oc1ccc2c(c1)C(Cc1ccc(Cl)cc1)CCC2. The molecule has 0 aromatic heterocycles. The van der Waals surface area contributed by atoms with Crippen molar-refractivity contribution in [3.8, 4) is 5.75 Å². The van der Waals surface area contributed by atoms with Crippen molar-refractivity contribution >= 4 is 11.6 Å². The zero-order valence-corrected chi connectivity index (χ0v) is 11.5. The molecule has 2 aromatic rings. The minimum atomic E-state index is 0.377. The first-order valence-corrected chi connectivity index (χ1v) is 7.16. The Morgan fingerprint density at radius 1 is 1.11 bits per heavy atom. The van der Waals surface area contributed by atoms with Gasteiger partial charge in [0.2, 0.25) is 0 Å². The van der Waals surface area contributed by atoms with E-state index in [2.05, 4.69) is 18.2 Å². The molecule has 3 rings (SSSR count). The predicted octanol–water partition coefficient (Wildman–Crippen LogP) is 4.71. The average Bonchev–Trinajstić information content (AvgIpc) is 2.42. The van der Waals surface area contributed by atoms with Crippen LogP contribution in [-0.4, -0.2) is 5.11 Å². The summed E-state index contributed by atoms with van der Waals surface area (Å²) < 4.78 is 0. The molecule has 1 aliphatic rings. The standard InChI is InChI=1S/C17H17ClO/c18-15-7-4-12(5-8-15)10-14-3-1-2-13-6-9-16(19)11-17(13)14/h4-9,11,14,19H,1-3,10H2. The Hall–Kier alpha value is -1.47. The molecule has 1 atom stereocenters. The molecule has 0 radical (unpaired) electrons. The van der Waals surface area contributed by atoms with Gasteiger partial charge < -0.3 is 5.11 Å². The number of phenols is 1. The fourth-order valence-corrected chi connectivity index (χ4v) is 3.13. The molecule has 0 amide bonds. The fourth-order valence-electron chi connectivity index (χ4n) is 3.00. The number of rotatable bonds is 2. The van der Waals surface area contributed by atoms with Crippen molar-refractivity contribution in [3.05, 3.63) is 64.2 Å². The van der Waals surface area contributed by atoms with Crippen LogP contribution in [0.3, 0.4) is 0 Å². The molecule has 1 aliphatic carbocycles. The molecular weight excluding hydrogens is 256 g/mol. The molecular formula is C17H17ClO. The fraction of sp³-hybridized carbons (Fsp3) is 0.294. The number of halogens is 1. The van der Waals surface area contributed by atoms with Gasteiger partial charge in [-0.2, -0.15) is 0 Å². The van der Waals surface area contributed by atoms with E-state index in [9.17, 15) is 5.11 Å². The topological polar surface area (TPSA) is 20.2 Å². The zero-order valence-electron chi connectivity index (χ0n) is 10.8. The zero-order chi connectivity index (χ0) is 13.2. The first-order chi connectivity index (χ1) is 9.22. The van der Waals surface area contributed by atoms with Gasteiger partial charge in [0, 0.05) is 5.02 Å². The summed E-state index contributed by atoms with van der Waals surface area (Å²) in [5, 5.41) is 10.5. The van der Waals surface area contributed by atoms with E-state index in [1.807, 2.05) is 18.2 Å². The second kappa shape index (κ2) is 5.26. The van der Waals surface area contributed by atoms with Gasteiger partial charge in [-0.05, 0) is 72.6 Å². The number of hydrogen-bond acceptors (Lipinski definition) is 1. The number of aromatic hydroxyl groups is 1. The van der Waals surface area contributed by atoms with Crippen molar-refractivity contribution in [1.82, 2.24) is 0 Å². The summed E-state index contributed by atoms with van der Waals surface area (Å²) in [5.74, 6) is 0.888. The van der Waals surface area contributed by atoms with E-state index in [-0.39, 0.29) is 0 Å². The maximum atomic E-state index is 9.69. The lowest BCUT2D eigenvalue weighted by Gasteiger charge is -2.25. The molecule has 1 N–H and O–H groups in total. The van der Waals surface area contributed by atoms with E-state index in [1.165, 1.54) is 29.5 Å². The van der Waals surface area contributed by atoms with Crippen molar-refractivity contribution in [2.45, 2.75) is 31.6 Å². The molecule has 1 unspecified atom stereocenters. The third-order valence-electron chi connectivity index (χ3n) is 3.96. The second-order valence-corrected chi connectivity index (χ2v) is 5.74. The van der Waals surface area contributed by atoms with Gasteiger partial charge in [-0.3, -0.25) is 0 Å². The number of phenolic OH excluding ortho intramolecular Hbond substituents is 1. The Kier molecular flexibility index (Phi) is 3.48. The van der Waals surface area contributed by atoms with Gasteiger partial charge >= 0.3 is 0 Å². The van der Waals surface area contributed by atoms with Crippen molar-refractivity contribution in [2.75, 3.05) is 0 Å². The molecule has 1 nitrogen and oxygen atoms in total. The molecule has 2 aromatic carbocycles. The largest absolute Gasteiger partial charge is 0.508 e. The predicted molar refractivity (Wildman–Crippen MR) is 78.9 cm³/mol. The number of aryl methyl sites for hydroxylation is 1. The highest BCUT2D eigenvalue weighted by Gasteiger charge is 2.20. The van der Waals surface area contributed by atoms with E-state index in [0.717, 1.165) is 17.9 Å². The normalized spacial score (nSPS) is 18.1. The Bertz CT molecular complexity index is 574.